The van der Waals surface area contributed by atoms with Gasteiger partial charge in [-0.25, -0.2) is 0 Å². The number of hydrogen-bond donors (Lipinski definition) is 1. The van der Waals surface area contributed by atoms with Gasteiger partial charge in [-0.05, 0) is 29.3 Å². The van der Waals surface area contributed by atoms with Crippen LogP contribution in [0.2, 0.25) is 0 Å². The maximum Gasteiger partial charge on any atom is 0.326 e. The highest BCUT2D eigenvalue weighted by atomic mass is 16.6. The third kappa shape index (κ3) is 4.20. The molecule has 1 atom stereocenters. The molecule has 3 aromatic rings. The van der Waals surface area contributed by atoms with E-state index in [-0.39, 0.29) is 17.2 Å². The van der Waals surface area contributed by atoms with Gasteiger partial charge < -0.3 is 10.1 Å². The lowest BCUT2D eigenvalue weighted by molar-refractivity contribution is -0.385. The molecule has 0 aliphatic carbocycles. The highest BCUT2D eigenvalue weighted by Crippen LogP contribution is 2.30. The molecule has 0 aromatic heterocycles. The quantitative estimate of drug-likeness (QED) is 0.247. The van der Waals surface area contributed by atoms with Crippen molar-refractivity contribution < 1.29 is 28.8 Å². The average molecular weight is 461 g/mol. The van der Waals surface area contributed by atoms with Gasteiger partial charge in [-0.3, -0.25) is 34.2 Å². The Kier molecular flexibility index (Phi) is 6.05. The largest absolute Gasteiger partial charge is 0.454 e. The Balaban J connectivity index is 1.36. The summed E-state index contributed by atoms with van der Waals surface area (Å²) in [6.45, 7) is 0.417. The van der Waals surface area contributed by atoms with Crippen LogP contribution in [0, 0.1) is 10.1 Å². The molecule has 1 aliphatic rings. The van der Waals surface area contributed by atoms with Gasteiger partial charge in [0.25, 0.3) is 23.4 Å². The number of nitrogens with zero attached hydrogens (tertiary/aromatic N) is 2. The van der Waals surface area contributed by atoms with Crippen LogP contribution in [0.25, 0.3) is 10.8 Å². The van der Waals surface area contributed by atoms with Gasteiger partial charge in [0.05, 0.1) is 16.5 Å². The van der Waals surface area contributed by atoms with Crippen molar-refractivity contribution in [2.45, 2.75) is 13.0 Å². The molecule has 34 heavy (non-hydrogen) atoms. The number of benzene rings is 3. The van der Waals surface area contributed by atoms with Crippen LogP contribution in [0.3, 0.4) is 0 Å². The van der Waals surface area contributed by atoms with E-state index in [9.17, 15) is 29.3 Å². The zero-order chi connectivity index (χ0) is 24.4. The second-order valence-electron chi connectivity index (χ2n) is 7.67. The van der Waals surface area contributed by atoms with Crippen molar-refractivity contribution in [1.82, 2.24) is 10.2 Å². The summed E-state index contributed by atoms with van der Waals surface area (Å²) in [6.07, 6.45) is 0. The van der Waals surface area contributed by atoms with Gasteiger partial charge in [-0.2, -0.15) is 0 Å². The Bertz CT molecular complexity index is 1350. The lowest BCUT2D eigenvalue weighted by atomic mass is 10.00. The van der Waals surface area contributed by atoms with Crippen molar-refractivity contribution in [3.05, 3.63) is 87.5 Å². The summed E-state index contributed by atoms with van der Waals surface area (Å²) < 4.78 is 4.93. The maximum atomic E-state index is 12.5. The Morgan fingerprint density at radius 3 is 2.50 bits per heavy atom. The minimum Gasteiger partial charge on any atom is -0.454 e. The third-order valence-electron chi connectivity index (χ3n) is 5.49. The second kappa shape index (κ2) is 9.10. The van der Waals surface area contributed by atoms with Gasteiger partial charge in [0.2, 0.25) is 0 Å². The van der Waals surface area contributed by atoms with E-state index in [1.165, 1.54) is 12.1 Å². The van der Waals surface area contributed by atoms with Crippen LogP contribution in [0.1, 0.15) is 39.2 Å². The predicted molar refractivity (Wildman–Crippen MR) is 120 cm³/mol. The average Bonchev–Trinajstić information content (AvgIpc) is 3.07. The SMILES string of the molecule is CC(NC(=O)COC(=O)CN1C(=O)c2cccc([N+](=O)[O-])c2C1=O)c1cccc2ccccc12. The molecule has 0 saturated heterocycles. The van der Waals surface area contributed by atoms with Crippen LogP contribution in [0.5, 0.6) is 0 Å². The minimum absolute atomic E-state index is 0.159. The monoisotopic (exact) mass is 461 g/mol. The minimum atomic E-state index is -0.995. The number of nitro benzene ring substituents is 1. The van der Waals surface area contributed by atoms with Gasteiger partial charge in [0.1, 0.15) is 12.1 Å². The Labute approximate surface area is 193 Å². The number of esters is 1. The molecule has 4 rings (SSSR count). The molecule has 10 heteroatoms. The van der Waals surface area contributed by atoms with E-state index < -0.39 is 47.5 Å². The zero-order valence-electron chi connectivity index (χ0n) is 18.0. The Morgan fingerprint density at radius 1 is 1.03 bits per heavy atom. The summed E-state index contributed by atoms with van der Waals surface area (Å²) in [4.78, 5) is 60.5. The summed E-state index contributed by atoms with van der Waals surface area (Å²) in [6, 6.07) is 16.7. The molecular weight excluding hydrogens is 442 g/mol. The second-order valence-corrected chi connectivity index (χ2v) is 7.67. The zero-order valence-corrected chi connectivity index (χ0v) is 18.0. The number of carbonyl (C=O) groups is 4. The van der Waals surface area contributed by atoms with E-state index in [0.717, 1.165) is 22.4 Å². The lowest BCUT2D eigenvalue weighted by Gasteiger charge is -2.17. The van der Waals surface area contributed by atoms with Crippen molar-refractivity contribution in [1.29, 1.82) is 0 Å². The number of ether oxygens (including phenoxy) is 1. The molecule has 0 radical (unpaired) electrons. The molecule has 172 valence electrons. The first-order valence-electron chi connectivity index (χ1n) is 10.3. The van der Waals surface area contributed by atoms with Gasteiger partial charge in [0.15, 0.2) is 6.61 Å². The molecular formula is C24H19N3O7. The summed E-state index contributed by atoms with van der Waals surface area (Å²) in [5, 5.41) is 15.9. The fourth-order valence-electron chi connectivity index (χ4n) is 3.92. The summed E-state index contributed by atoms with van der Waals surface area (Å²) >= 11 is 0. The van der Waals surface area contributed by atoms with Crippen molar-refractivity contribution >= 4 is 40.2 Å². The summed E-state index contributed by atoms with van der Waals surface area (Å²) in [5.74, 6) is -3.36. The lowest BCUT2D eigenvalue weighted by Crippen LogP contribution is -2.37. The van der Waals surface area contributed by atoms with E-state index in [2.05, 4.69) is 5.32 Å². The number of rotatable bonds is 7. The number of imide groups is 1. The number of fused-ring (bicyclic) bond motifs is 2. The molecule has 3 aromatic carbocycles. The van der Waals surface area contributed by atoms with Gasteiger partial charge in [0, 0.05) is 6.07 Å². The molecule has 0 saturated carbocycles. The highest BCUT2D eigenvalue weighted by Gasteiger charge is 2.42. The van der Waals surface area contributed by atoms with Crippen molar-refractivity contribution in [2.75, 3.05) is 13.2 Å². The van der Waals surface area contributed by atoms with Gasteiger partial charge in [-0.1, -0.05) is 48.5 Å². The van der Waals surface area contributed by atoms with Crippen molar-refractivity contribution in [3.63, 3.8) is 0 Å². The van der Waals surface area contributed by atoms with Crippen LogP contribution in [0.4, 0.5) is 5.69 Å². The molecule has 1 unspecified atom stereocenters. The third-order valence-corrected chi connectivity index (χ3v) is 5.49. The molecule has 3 amide bonds. The van der Waals surface area contributed by atoms with E-state index in [0.29, 0.717) is 4.90 Å². The highest BCUT2D eigenvalue weighted by molar-refractivity contribution is 6.24. The molecule has 1 heterocycles. The van der Waals surface area contributed by atoms with E-state index in [1.54, 1.807) is 6.92 Å². The number of carbonyl (C=O) groups excluding carboxylic acids is 4. The Hall–Kier alpha value is -4.60. The van der Waals surface area contributed by atoms with Crippen LogP contribution >= 0.6 is 0 Å². The van der Waals surface area contributed by atoms with Crippen LogP contribution < -0.4 is 5.32 Å². The number of nitro groups is 1. The molecule has 0 fully saturated rings. The number of amides is 3. The van der Waals surface area contributed by atoms with Gasteiger partial charge >= 0.3 is 5.97 Å². The molecule has 1 aliphatic heterocycles. The first-order valence-corrected chi connectivity index (χ1v) is 10.3. The van der Waals surface area contributed by atoms with Crippen LogP contribution in [-0.4, -0.2) is 46.7 Å². The topological polar surface area (TPSA) is 136 Å². The van der Waals surface area contributed by atoms with Crippen LogP contribution in [0.15, 0.2) is 60.7 Å². The fourth-order valence-corrected chi connectivity index (χ4v) is 3.92. The maximum absolute atomic E-state index is 12.5. The molecule has 0 spiro atoms. The van der Waals surface area contributed by atoms with Crippen molar-refractivity contribution in [2.24, 2.45) is 0 Å². The standard InChI is InChI=1S/C24H19N3O7/c1-14(16-9-4-7-15-6-2-3-8-17(15)16)25-20(28)13-34-21(29)12-26-23(30)18-10-5-11-19(27(32)33)22(18)24(26)31/h2-11,14H,12-13H2,1H3,(H,25,28). The van der Waals surface area contributed by atoms with Gasteiger partial charge in [-0.15, -0.1) is 0 Å². The number of hydrogen-bond acceptors (Lipinski definition) is 7. The van der Waals surface area contributed by atoms with E-state index >= 15 is 0 Å². The van der Waals surface area contributed by atoms with E-state index in [1.807, 2.05) is 42.5 Å². The summed E-state index contributed by atoms with van der Waals surface area (Å²) in [5.41, 5.74) is -0.153. The molecule has 1 N–H and O–H groups in total. The normalized spacial score (nSPS) is 13.5. The fraction of sp³-hybridized carbons (Fsp3) is 0.167. The predicted octanol–water partition coefficient (Wildman–Crippen LogP) is 2.76. The van der Waals surface area contributed by atoms with Crippen LogP contribution in [-0.2, 0) is 14.3 Å². The molecule has 10 nitrogen and oxygen atoms in total. The van der Waals surface area contributed by atoms with E-state index in [4.69, 9.17) is 4.74 Å². The first kappa shape index (κ1) is 22.6. The number of nitrogens with one attached hydrogen (secondary N) is 1. The summed E-state index contributed by atoms with van der Waals surface area (Å²) in [7, 11) is 0. The first-order chi connectivity index (χ1) is 16.3. The Morgan fingerprint density at radius 2 is 1.74 bits per heavy atom. The smallest absolute Gasteiger partial charge is 0.326 e. The van der Waals surface area contributed by atoms with Crippen molar-refractivity contribution in [3.8, 4) is 0 Å². The molecule has 0 bridgehead atoms.